The van der Waals surface area contributed by atoms with E-state index in [1.807, 2.05) is 6.20 Å². The van der Waals surface area contributed by atoms with Crippen LogP contribution >= 0.6 is 15.9 Å². The zero-order chi connectivity index (χ0) is 12.5. The molecule has 0 spiro atoms. The molecule has 2 aromatic rings. The maximum absolute atomic E-state index is 4.45. The van der Waals surface area contributed by atoms with Crippen LogP contribution in [-0.4, -0.2) is 16.0 Å². The molecule has 1 aromatic carbocycles. The second-order valence-electron chi connectivity index (χ2n) is 4.90. The van der Waals surface area contributed by atoms with Crippen molar-refractivity contribution >= 4 is 15.9 Å². The summed E-state index contributed by atoms with van der Waals surface area (Å²) in [7, 11) is 0. The lowest BCUT2D eigenvalue weighted by Gasteiger charge is -2.02. The molecule has 3 rings (SSSR count). The molecule has 1 aliphatic carbocycles. The molecule has 1 saturated carbocycles. The molecule has 1 fully saturated rings. The van der Waals surface area contributed by atoms with E-state index < -0.39 is 0 Å². The van der Waals surface area contributed by atoms with Crippen LogP contribution in [0.1, 0.15) is 24.1 Å². The molecule has 3 nitrogen and oxygen atoms in total. The van der Waals surface area contributed by atoms with Crippen LogP contribution in [0.25, 0.3) is 11.4 Å². The van der Waals surface area contributed by atoms with Crippen molar-refractivity contribution < 1.29 is 0 Å². The van der Waals surface area contributed by atoms with Gasteiger partial charge in [-0.1, -0.05) is 22.0 Å². The Morgan fingerprint density at radius 3 is 3.00 bits per heavy atom. The van der Waals surface area contributed by atoms with Crippen molar-refractivity contribution in [2.75, 3.05) is 0 Å². The van der Waals surface area contributed by atoms with E-state index in [9.17, 15) is 0 Å². The summed E-state index contributed by atoms with van der Waals surface area (Å²) in [5.74, 6) is 0.925. The molecule has 1 aliphatic rings. The van der Waals surface area contributed by atoms with Gasteiger partial charge < -0.3 is 10.3 Å². The topological polar surface area (TPSA) is 40.7 Å². The fourth-order valence-electron chi connectivity index (χ4n) is 1.94. The van der Waals surface area contributed by atoms with Crippen molar-refractivity contribution in [1.82, 2.24) is 15.3 Å². The van der Waals surface area contributed by atoms with E-state index >= 15 is 0 Å². The summed E-state index contributed by atoms with van der Waals surface area (Å²) in [6, 6.07) is 7.03. The van der Waals surface area contributed by atoms with Gasteiger partial charge in [0.1, 0.15) is 5.82 Å². The first kappa shape index (κ1) is 11.9. The van der Waals surface area contributed by atoms with Gasteiger partial charge in [0.25, 0.3) is 0 Å². The standard InChI is InChI=1S/C14H16BrN3/c1-9-2-5-12(13(15)6-9)14-17-8-11(18-14)7-16-10-3-4-10/h2,5-6,8,10,16H,3-4,7H2,1H3,(H,17,18). The zero-order valence-electron chi connectivity index (χ0n) is 10.3. The maximum atomic E-state index is 4.45. The average molecular weight is 306 g/mol. The number of imidazole rings is 1. The Morgan fingerprint density at radius 2 is 2.28 bits per heavy atom. The second kappa shape index (κ2) is 4.86. The molecule has 0 saturated heterocycles. The van der Waals surface area contributed by atoms with Crippen LogP contribution in [0.2, 0.25) is 0 Å². The Bertz CT molecular complexity index is 558. The maximum Gasteiger partial charge on any atom is 0.138 e. The van der Waals surface area contributed by atoms with Gasteiger partial charge in [-0.15, -0.1) is 0 Å². The number of nitrogens with zero attached hydrogens (tertiary/aromatic N) is 1. The Morgan fingerprint density at radius 1 is 1.44 bits per heavy atom. The highest BCUT2D eigenvalue weighted by Gasteiger charge is 2.20. The third kappa shape index (κ3) is 2.65. The van der Waals surface area contributed by atoms with Gasteiger partial charge >= 0.3 is 0 Å². The predicted molar refractivity (Wildman–Crippen MR) is 76.3 cm³/mol. The highest BCUT2D eigenvalue weighted by Crippen LogP contribution is 2.27. The third-order valence-corrected chi connectivity index (χ3v) is 3.82. The minimum atomic E-state index is 0.725. The number of benzene rings is 1. The molecule has 0 unspecified atom stereocenters. The van der Waals surface area contributed by atoms with E-state index in [2.05, 4.69) is 56.3 Å². The van der Waals surface area contributed by atoms with Gasteiger partial charge in [0.15, 0.2) is 0 Å². The number of rotatable bonds is 4. The first-order valence-electron chi connectivity index (χ1n) is 6.26. The molecular formula is C14H16BrN3. The molecule has 1 aromatic heterocycles. The first-order valence-corrected chi connectivity index (χ1v) is 7.05. The van der Waals surface area contributed by atoms with Crippen LogP contribution in [0.3, 0.4) is 0 Å². The number of aromatic nitrogens is 2. The Labute approximate surface area is 115 Å². The Balaban J connectivity index is 1.78. The summed E-state index contributed by atoms with van der Waals surface area (Å²) < 4.78 is 1.08. The van der Waals surface area contributed by atoms with Crippen LogP contribution in [-0.2, 0) is 6.54 Å². The largest absolute Gasteiger partial charge is 0.341 e. The van der Waals surface area contributed by atoms with E-state index in [0.29, 0.717) is 0 Å². The fourth-order valence-corrected chi connectivity index (χ4v) is 2.62. The molecule has 1 heterocycles. The number of aromatic amines is 1. The number of aryl methyl sites for hydroxylation is 1. The van der Waals surface area contributed by atoms with Crippen LogP contribution in [0, 0.1) is 6.92 Å². The van der Waals surface area contributed by atoms with Gasteiger partial charge in [-0.05, 0) is 37.5 Å². The molecule has 2 N–H and O–H groups in total. The van der Waals surface area contributed by atoms with Gasteiger partial charge in [0, 0.05) is 34.5 Å². The summed E-state index contributed by atoms with van der Waals surface area (Å²) >= 11 is 3.59. The summed E-state index contributed by atoms with van der Waals surface area (Å²) in [5.41, 5.74) is 3.50. The number of halogens is 1. The van der Waals surface area contributed by atoms with Gasteiger partial charge in [-0.25, -0.2) is 4.98 Å². The number of nitrogens with one attached hydrogen (secondary N) is 2. The minimum Gasteiger partial charge on any atom is -0.341 e. The zero-order valence-corrected chi connectivity index (χ0v) is 11.9. The van der Waals surface area contributed by atoms with E-state index in [0.717, 1.165) is 34.1 Å². The smallest absolute Gasteiger partial charge is 0.138 e. The predicted octanol–water partition coefficient (Wildman–Crippen LogP) is 3.40. The second-order valence-corrected chi connectivity index (χ2v) is 5.75. The van der Waals surface area contributed by atoms with Gasteiger partial charge in [0.05, 0.1) is 0 Å². The van der Waals surface area contributed by atoms with Crippen molar-refractivity contribution in [3.8, 4) is 11.4 Å². The summed E-state index contributed by atoms with van der Waals surface area (Å²) in [5, 5.41) is 3.48. The normalized spacial score (nSPS) is 15.0. The summed E-state index contributed by atoms with van der Waals surface area (Å²) in [4.78, 5) is 7.82. The number of hydrogen-bond donors (Lipinski definition) is 2. The molecule has 0 aliphatic heterocycles. The van der Waals surface area contributed by atoms with E-state index in [4.69, 9.17) is 0 Å². The SMILES string of the molecule is Cc1ccc(-c2ncc(CNC3CC3)[nH]2)c(Br)c1. The minimum absolute atomic E-state index is 0.725. The van der Waals surface area contributed by atoms with Crippen molar-refractivity contribution in [2.24, 2.45) is 0 Å². The lowest BCUT2D eigenvalue weighted by atomic mass is 10.1. The van der Waals surface area contributed by atoms with E-state index in [1.54, 1.807) is 0 Å². The Kier molecular flexibility index (Phi) is 3.22. The van der Waals surface area contributed by atoms with Crippen molar-refractivity contribution in [1.29, 1.82) is 0 Å². The number of H-pyrrole nitrogens is 1. The van der Waals surface area contributed by atoms with E-state index in [1.165, 1.54) is 18.4 Å². The lowest BCUT2D eigenvalue weighted by Crippen LogP contribution is -2.15. The third-order valence-electron chi connectivity index (χ3n) is 3.17. The monoisotopic (exact) mass is 305 g/mol. The average Bonchev–Trinajstić information content (AvgIpc) is 3.05. The molecule has 18 heavy (non-hydrogen) atoms. The van der Waals surface area contributed by atoms with Crippen molar-refractivity contribution in [3.63, 3.8) is 0 Å². The van der Waals surface area contributed by atoms with Gasteiger partial charge in [-0.3, -0.25) is 0 Å². The molecule has 4 heteroatoms. The lowest BCUT2D eigenvalue weighted by molar-refractivity contribution is 0.677. The van der Waals surface area contributed by atoms with Gasteiger partial charge in [-0.2, -0.15) is 0 Å². The fraction of sp³-hybridized carbons (Fsp3) is 0.357. The highest BCUT2D eigenvalue weighted by atomic mass is 79.9. The summed E-state index contributed by atoms with van der Waals surface area (Å²) in [6.07, 6.45) is 4.53. The Hall–Kier alpha value is -1.13. The molecule has 0 bridgehead atoms. The van der Waals surface area contributed by atoms with E-state index in [-0.39, 0.29) is 0 Å². The molecule has 0 atom stereocenters. The first-order chi connectivity index (χ1) is 8.72. The summed E-state index contributed by atoms with van der Waals surface area (Å²) in [6.45, 7) is 2.96. The van der Waals surface area contributed by atoms with Gasteiger partial charge in [0.2, 0.25) is 0 Å². The van der Waals surface area contributed by atoms with Crippen LogP contribution in [0.5, 0.6) is 0 Å². The molecule has 0 amide bonds. The van der Waals surface area contributed by atoms with Crippen LogP contribution < -0.4 is 5.32 Å². The molecule has 94 valence electrons. The van der Waals surface area contributed by atoms with Crippen LogP contribution in [0.4, 0.5) is 0 Å². The van der Waals surface area contributed by atoms with Crippen molar-refractivity contribution in [2.45, 2.75) is 32.4 Å². The van der Waals surface area contributed by atoms with Crippen molar-refractivity contribution in [3.05, 3.63) is 40.1 Å². The molecule has 0 radical (unpaired) electrons. The highest BCUT2D eigenvalue weighted by molar-refractivity contribution is 9.10. The van der Waals surface area contributed by atoms with Crippen LogP contribution in [0.15, 0.2) is 28.9 Å². The number of hydrogen-bond acceptors (Lipinski definition) is 2. The molecular weight excluding hydrogens is 290 g/mol. The quantitative estimate of drug-likeness (QED) is 0.909.